The van der Waals surface area contributed by atoms with Gasteiger partial charge in [0.25, 0.3) is 5.91 Å². The lowest BCUT2D eigenvalue weighted by Crippen LogP contribution is -2.32. The van der Waals surface area contributed by atoms with E-state index < -0.39 is 23.4 Å². The number of furan rings is 1. The Labute approximate surface area is 210 Å². The van der Waals surface area contributed by atoms with E-state index in [2.05, 4.69) is 20.4 Å². The van der Waals surface area contributed by atoms with Gasteiger partial charge in [0.2, 0.25) is 5.76 Å². The highest BCUT2D eigenvalue weighted by molar-refractivity contribution is 5.96. The van der Waals surface area contributed by atoms with E-state index in [1.54, 1.807) is 17.1 Å². The predicted octanol–water partition coefficient (Wildman–Crippen LogP) is 3.83. The molecule has 37 heavy (non-hydrogen) atoms. The molecule has 9 nitrogen and oxygen atoms in total. The molecule has 0 aromatic carbocycles. The van der Waals surface area contributed by atoms with Crippen molar-refractivity contribution in [1.29, 1.82) is 0 Å². The highest BCUT2D eigenvalue weighted by Gasteiger charge is 2.46. The van der Waals surface area contributed by atoms with Gasteiger partial charge in [0.05, 0.1) is 61.8 Å². The maximum Gasteiger partial charge on any atom is 0.420 e. The zero-order valence-corrected chi connectivity index (χ0v) is 20.2. The molecule has 1 saturated heterocycles. The Kier molecular flexibility index (Phi) is 6.03. The number of nitrogens with zero attached hydrogens (tertiary/aromatic N) is 4. The third-order valence-corrected chi connectivity index (χ3v) is 6.95. The highest BCUT2D eigenvalue weighted by atomic mass is 19.4. The van der Waals surface area contributed by atoms with Crippen molar-refractivity contribution in [2.45, 2.75) is 63.4 Å². The van der Waals surface area contributed by atoms with Gasteiger partial charge in [-0.1, -0.05) is 6.92 Å². The van der Waals surface area contributed by atoms with E-state index in [1.807, 2.05) is 6.92 Å². The van der Waals surface area contributed by atoms with Gasteiger partial charge in [-0.25, -0.2) is 0 Å². The van der Waals surface area contributed by atoms with Gasteiger partial charge in [-0.15, -0.1) is 0 Å². The number of halogens is 3. The molecule has 1 saturated carbocycles. The van der Waals surface area contributed by atoms with Crippen LogP contribution in [0.15, 0.2) is 23.0 Å². The first-order valence-corrected chi connectivity index (χ1v) is 12.4. The first-order valence-electron chi connectivity index (χ1n) is 12.4. The van der Waals surface area contributed by atoms with Crippen LogP contribution in [0.2, 0.25) is 0 Å². The summed E-state index contributed by atoms with van der Waals surface area (Å²) >= 11 is 0. The van der Waals surface area contributed by atoms with Gasteiger partial charge < -0.3 is 19.2 Å². The minimum atomic E-state index is -4.82. The van der Waals surface area contributed by atoms with Crippen LogP contribution in [0.25, 0.3) is 11.3 Å². The fraction of sp³-hybridized carbons (Fsp3) is 0.520. The summed E-state index contributed by atoms with van der Waals surface area (Å²) in [5.74, 6) is -1.33. The summed E-state index contributed by atoms with van der Waals surface area (Å²) in [7, 11) is 0. The number of ether oxygens (including phenoxy) is 2. The number of aromatic nitrogens is 4. The van der Waals surface area contributed by atoms with Crippen LogP contribution in [0.3, 0.4) is 0 Å². The molecule has 1 N–H and O–H groups in total. The van der Waals surface area contributed by atoms with Crippen molar-refractivity contribution in [3.05, 3.63) is 52.6 Å². The maximum absolute atomic E-state index is 14.4. The van der Waals surface area contributed by atoms with Crippen LogP contribution in [0.1, 0.15) is 70.4 Å². The van der Waals surface area contributed by atoms with Gasteiger partial charge in [0, 0.05) is 30.3 Å². The maximum atomic E-state index is 14.4. The summed E-state index contributed by atoms with van der Waals surface area (Å²) in [6, 6.07) is 0. The second kappa shape index (κ2) is 9.25. The molecule has 0 spiro atoms. The fourth-order valence-electron chi connectivity index (χ4n) is 4.92. The molecular formula is C25H26F3N5O4. The Morgan fingerprint density at radius 3 is 2.73 bits per heavy atom. The van der Waals surface area contributed by atoms with Crippen LogP contribution in [-0.2, 0) is 35.2 Å². The number of rotatable bonds is 6. The second-order valence-corrected chi connectivity index (χ2v) is 9.82. The van der Waals surface area contributed by atoms with E-state index in [0.29, 0.717) is 43.5 Å². The zero-order chi connectivity index (χ0) is 25.7. The summed E-state index contributed by atoms with van der Waals surface area (Å²) in [6.45, 7) is 3.54. The summed E-state index contributed by atoms with van der Waals surface area (Å²) in [5, 5.41) is 6.98. The molecular weight excluding hydrogens is 491 g/mol. The number of hydrogen-bond donors (Lipinski definition) is 1. The molecule has 3 aromatic heterocycles. The van der Waals surface area contributed by atoms with Gasteiger partial charge in [-0.05, 0) is 18.8 Å². The Balaban J connectivity index is 1.28. The lowest BCUT2D eigenvalue weighted by atomic mass is 9.86. The molecule has 2 fully saturated rings. The summed E-state index contributed by atoms with van der Waals surface area (Å²) in [4.78, 5) is 21.5. The highest BCUT2D eigenvalue weighted by Crippen LogP contribution is 2.48. The summed E-state index contributed by atoms with van der Waals surface area (Å²) < 4.78 is 61.3. The number of carbonyl (C=O) groups excluding carboxylic acids is 1. The van der Waals surface area contributed by atoms with Crippen LogP contribution in [0, 0.1) is 0 Å². The lowest BCUT2D eigenvalue weighted by molar-refractivity contribution is -0.137. The van der Waals surface area contributed by atoms with Crippen LogP contribution in [-0.4, -0.2) is 51.6 Å². The fourth-order valence-corrected chi connectivity index (χ4v) is 4.92. The molecule has 0 bridgehead atoms. The van der Waals surface area contributed by atoms with Crippen molar-refractivity contribution in [1.82, 2.24) is 25.1 Å². The van der Waals surface area contributed by atoms with E-state index in [0.717, 1.165) is 18.5 Å². The first kappa shape index (κ1) is 24.1. The first-order chi connectivity index (χ1) is 17.8. The van der Waals surface area contributed by atoms with Gasteiger partial charge in [-0.2, -0.15) is 18.3 Å². The van der Waals surface area contributed by atoms with Crippen molar-refractivity contribution >= 4 is 5.91 Å². The molecule has 4 heterocycles. The number of carbonyl (C=O) groups is 1. The molecule has 6 rings (SSSR count). The van der Waals surface area contributed by atoms with E-state index in [4.69, 9.17) is 13.9 Å². The standard InChI is InChI=1S/C25H26F3N5O4/c1-13-6-19-20(22-17(13)11-33(32-22)10-16-12-35-4-5-36-16)21(25(26,27)28)23(37-19)24(34)31-8-15-7-30-18(9-29-15)14-2-3-14/h7,9,11,13-14,16H,2-6,8,10,12H2,1H3,(H,31,34)/t13-,16-/m0/s1. The predicted molar refractivity (Wildman–Crippen MR) is 123 cm³/mol. The zero-order valence-electron chi connectivity index (χ0n) is 20.2. The third-order valence-electron chi connectivity index (χ3n) is 6.95. The van der Waals surface area contributed by atoms with Crippen molar-refractivity contribution in [3.8, 4) is 11.3 Å². The van der Waals surface area contributed by atoms with Crippen LogP contribution in [0.4, 0.5) is 13.2 Å². The van der Waals surface area contributed by atoms with Crippen molar-refractivity contribution in [2.75, 3.05) is 19.8 Å². The Morgan fingerprint density at radius 1 is 1.22 bits per heavy atom. The average Bonchev–Trinajstić information content (AvgIpc) is 3.51. The Bertz CT molecular complexity index is 1310. The average molecular weight is 518 g/mol. The lowest BCUT2D eigenvalue weighted by Gasteiger charge is -2.22. The normalized spacial score (nSPS) is 21.4. The SMILES string of the molecule is C[C@H]1Cc2oc(C(=O)NCc3cnc(C4CC4)cn3)c(C(F)(F)F)c2-c2nn(C[C@H]3COCCO3)cc21. The van der Waals surface area contributed by atoms with Gasteiger partial charge in [0.15, 0.2) is 0 Å². The van der Waals surface area contributed by atoms with E-state index in [-0.39, 0.29) is 42.0 Å². The third kappa shape index (κ3) is 4.75. The number of fused-ring (bicyclic) bond motifs is 3. The largest absolute Gasteiger partial charge is 0.455 e. The molecule has 3 aromatic rings. The van der Waals surface area contributed by atoms with Crippen LogP contribution >= 0.6 is 0 Å². The topological polar surface area (TPSA) is 104 Å². The Hall–Kier alpha value is -3.25. The summed E-state index contributed by atoms with van der Waals surface area (Å²) in [5.41, 5.74) is 0.923. The second-order valence-electron chi connectivity index (χ2n) is 9.82. The number of nitrogens with one attached hydrogen (secondary N) is 1. The molecule has 2 aliphatic carbocycles. The van der Waals surface area contributed by atoms with Crippen molar-refractivity contribution < 1.29 is 31.9 Å². The Morgan fingerprint density at radius 2 is 2.05 bits per heavy atom. The number of hydrogen-bond acceptors (Lipinski definition) is 7. The number of amides is 1. The van der Waals surface area contributed by atoms with Gasteiger partial charge in [0.1, 0.15) is 17.4 Å². The van der Waals surface area contributed by atoms with Crippen molar-refractivity contribution in [2.24, 2.45) is 0 Å². The summed E-state index contributed by atoms with van der Waals surface area (Å²) in [6.07, 6.45) is 2.25. The van der Waals surface area contributed by atoms with Gasteiger partial charge in [-0.3, -0.25) is 19.4 Å². The smallest absolute Gasteiger partial charge is 0.420 e. The van der Waals surface area contributed by atoms with E-state index >= 15 is 0 Å². The van der Waals surface area contributed by atoms with Crippen LogP contribution in [0.5, 0.6) is 0 Å². The minimum absolute atomic E-state index is 0.0703. The molecule has 12 heteroatoms. The molecule has 2 atom stereocenters. The molecule has 0 unspecified atom stereocenters. The molecule has 1 amide bonds. The van der Waals surface area contributed by atoms with Crippen LogP contribution < -0.4 is 5.32 Å². The van der Waals surface area contributed by atoms with E-state index in [9.17, 15) is 18.0 Å². The molecule has 0 radical (unpaired) electrons. The molecule has 1 aliphatic heterocycles. The monoisotopic (exact) mass is 517 g/mol. The van der Waals surface area contributed by atoms with Gasteiger partial charge >= 0.3 is 6.18 Å². The van der Waals surface area contributed by atoms with E-state index in [1.165, 1.54) is 6.20 Å². The van der Waals surface area contributed by atoms with Crippen molar-refractivity contribution in [3.63, 3.8) is 0 Å². The number of alkyl halides is 3. The molecule has 196 valence electrons. The quantitative estimate of drug-likeness (QED) is 0.530. The minimum Gasteiger partial charge on any atom is -0.455 e. The molecule has 3 aliphatic rings.